The molecule has 0 saturated carbocycles. The molecule has 1 spiro atoms. The number of hydrogen-bond donors (Lipinski definition) is 1. The molecule has 7 nitrogen and oxygen atoms in total. The lowest BCUT2D eigenvalue weighted by atomic mass is 9.78. The number of fused-ring (bicyclic) bond motifs is 3. The molecular formula is C30H34N4O3S. The molecule has 8 heteroatoms. The SMILES string of the molecule is COc1cccc(NC(=S)N2CCC3(CCN(C(=O)C4(C)OCc5ccccc5-n5cccc54)C3)CC2)c1. The van der Waals surface area contributed by atoms with Crippen molar-refractivity contribution in [1.29, 1.82) is 0 Å². The highest BCUT2D eigenvalue weighted by Crippen LogP contribution is 2.43. The van der Waals surface area contributed by atoms with Crippen LogP contribution in [0.15, 0.2) is 66.9 Å². The summed E-state index contributed by atoms with van der Waals surface area (Å²) in [6, 6.07) is 20.0. The summed E-state index contributed by atoms with van der Waals surface area (Å²) in [6.07, 6.45) is 5.06. The highest BCUT2D eigenvalue weighted by molar-refractivity contribution is 7.80. The summed E-state index contributed by atoms with van der Waals surface area (Å²) >= 11 is 5.73. The van der Waals surface area contributed by atoms with E-state index in [1.54, 1.807) is 7.11 Å². The van der Waals surface area contributed by atoms with Crippen molar-refractivity contribution in [2.24, 2.45) is 5.41 Å². The third-order valence-electron chi connectivity index (χ3n) is 8.57. The van der Waals surface area contributed by atoms with E-state index < -0.39 is 5.60 Å². The minimum absolute atomic E-state index is 0.0553. The van der Waals surface area contributed by atoms with Gasteiger partial charge in [0.05, 0.1) is 25.1 Å². The van der Waals surface area contributed by atoms with Gasteiger partial charge < -0.3 is 29.2 Å². The molecule has 6 rings (SSSR count). The molecule has 4 heterocycles. The Labute approximate surface area is 229 Å². The van der Waals surface area contributed by atoms with Crippen LogP contribution in [-0.4, -0.2) is 58.7 Å². The van der Waals surface area contributed by atoms with Crippen LogP contribution < -0.4 is 10.1 Å². The Morgan fingerprint density at radius 2 is 1.76 bits per heavy atom. The van der Waals surface area contributed by atoms with E-state index in [4.69, 9.17) is 21.7 Å². The number of piperidine rings is 1. The van der Waals surface area contributed by atoms with Crippen molar-refractivity contribution in [1.82, 2.24) is 14.4 Å². The van der Waals surface area contributed by atoms with Gasteiger partial charge in [-0.15, -0.1) is 0 Å². The number of thiocarbonyl (C=S) groups is 1. The van der Waals surface area contributed by atoms with E-state index in [-0.39, 0.29) is 11.3 Å². The van der Waals surface area contributed by atoms with Gasteiger partial charge >= 0.3 is 0 Å². The van der Waals surface area contributed by atoms with E-state index in [1.807, 2.05) is 66.6 Å². The summed E-state index contributed by atoms with van der Waals surface area (Å²) in [7, 11) is 1.66. The van der Waals surface area contributed by atoms with Gasteiger partial charge in [0, 0.05) is 49.7 Å². The van der Waals surface area contributed by atoms with Gasteiger partial charge in [-0.2, -0.15) is 0 Å². The van der Waals surface area contributed by atoms with Crippen molar-refractivity contribution in [2.75, 3.05) is 38.6 Å². The number of aromatic nitrogens is 1. The summed E-state index contributed by atoms with van der Waals surface area (Å²) < 4.78 is 13.9. The summed E-state index contributed by atoms with van der Waals surface area (Å²) in [5, 5.41) is 4.09. The van der Waals surface area contributed by atoms with E-state index >= 15 is 0 Å². The number of para-hydroxylation sites is 1. The first-order valence-electron chi connectivity index (χ1n) is 13.3. The predicted octanol–water partition coefficient (Wildman–Crippen LogP) is 4.94. The van der Waals surface area contributed by atoms with Crippen molar-refractivity contribution < 1.29 is 14.3 Å². The first-order chi connectivity index (χ1) is 18.4. The number of carbonyl (C=O) groups excluding carboxylic acids is 1. The van der Waals surface area contributed by atoms with E-state index in [1.165, 1.54) is 0 Å². The molecular weight excluding hydrogens is 496 g/mol. The third kappa shape index (κ3) is 4.35. The molecule has 1 atom stereocenters. The number of nitrogens with one attached hydrogen (secondary N) is 1. The van der Waals surface area contributed by atoms with Gasteiger partial charge in [0.25, 0.3) is 5.91 Å². The Morgan fingerprint density at radius 3 is 2.55 bits per heavy atom. The Hall–Kier alpha value is -3.36. The summed E-state index contributed by atoms with van der Waals surface area (Å²) in [5.41, 5.74) is 3.08. The van der Waals surface area contributed by atoms with E-state index in [2.05, 4.69) is 26.9 Å². The van der Waals surface area contributed by atoms with Crippen LogP contribution >= 0.6 is 12.2 Å². The smallest absolute Gasteiger partial charge is 0.260 e. The highest BCUT2D eigenvalue weighted by Gasteiger charge is 2.49. The lowest BCUT2D eigenvalue weighted by Gasteiger charge is -2.40. The van der Waals surface area contributed by atoms with Gasteiger partial charge in [-0.1, -0.05) is 24.3 Å². The maximum absolute atomic E-state index is 14.1. The van der Waals surface area contributed by atoms with E-state index in [0.29, 0.717) is 6.61 Å². The fraction of sp³-hybridized carbons (Fsp3) is 0.400. The van der Waals surface area contributed by atoms with Crippen molar-refractivity contribution >= 4 is 28.9 Å². The quantitative estimate of drug-likeness (QED) is 0.484. The van der Waals surface area contributed by atoms with Crippen LogP contribution in [0.5, 0.6) is 5.75 Å². The average Bonchev–Trinajstić information content (AvgIpc) is 3.58. The number of rotatable bonds is 3. The van der Waals surface area contributed by atoms with Gasteiger partial charge in [-0.25, -0.2) is 0 Å². The Balaban J connectivity index is 1.12. The van der Waals surface area contributed by atoms with Crippen LogP contribution in [0.2, 0.25) is 0 Å². The number of carbonyl (C=O) groups is 1. The zero-order chi connectivity index (χ0) is 26.3. The largest absolute Gasteiger partial charge is 0.497 e. The maximum atomic E-state index is 14.1. The second kappa shape index (κ2) is 9.75. The number of nitrogens with zero attached hydrogens (tertiary/aromatic N) is 3. The summed E-state index contributed by atoms with van der Waals surface area (Å²) in [5.74, 6) is 0.855. The van der Waals surface area contributed by atoms with Crippen LogP contribution in [0.4, 0.5) is 5.69 Å². The molecule has 0 aliphatic carbocycles. The fourth-order valence-corrected chi connectivity index (χ4v) is 6.52. The average molecular weight is 531 g/mol. The summed E-state index contributed by atoms with van der Waals surface area (Å²) in [6.45, 7) is 5.63. The van der Waals surface area contributed by atoms with Crippen LogP contribution in [0, 0.1) is 5.41 Å². The molecule has 38 heavy (non-hydrogen) atoms. The van der Waals surface area contributed by atoms with Crippen LogP contribution in [0.25, 0.3) is 5.69 Å². The maximum Gasteiger partial charge on any atom is 0.260 e. The first kappa shape index (κ1) is 24.9. The second-order valence-corrected chi connectivity index (χ2v) is 11.2. The fourth-order valence-electron chi connectivity index (χ4n) is 6.22. The third-order valence-corrected chi connectivity index (χ3v) is 8.93. The minimum atomic E-state index is -1.03. The van der Waals surface area contributed by atoms with Gasteiger partial charge in [-0.3, -0.25) is 4.79 Å². The molecule has 3 aliphatic heterocycles. The molecule has 2 aromatic carbocycles. The van der Waals surface area contributed by atoms with E-state index in [9.17, 15) is 4.79 Å². The zero-order valence-corrected chi connectivity index (χ0v) is 22.8. The molecule has 3 aromatic rings. The molecule has 0 bridgehead atoms. The number of likely N-dealkylation sites (tertiary alicyclic amines) is 2. The van der Waals surface area contributed by atoms with Gasteiger partial charge in [0.1, 0.15) is 5.75 Å². The molecule has 198 valence electrons. The molecule has 1 unspecified atom stereocenters. The van der Waals surface area contributed by atoms with Crippen LogP contribution in [0.1, 0.15) is 37.4 Å². The molecule has 0 radical (unpaired) electrons. The Morgan fingerprint density at radius 1 is 1.00 bits per heavy atom. The zero-order valence-electron chi connectivity index (χ0n) is 22.0. The molecule has 1 N–H and O–H groups in total. The number of methoxy groups -OCH3 is 1. The van der Waals surface area contributed by atoms with E-state index in [0.717, 1.165) is 78.9 Å². The number of ether oxygens (including phenoxy) is 2. The molecule has 1 amide bonds. The van der Waals surface area contributed by atoms with Crippen molar-refractivity contribution in [3.63, 3.8) is 0 Å². The normalized spacial score (nSPS) is 21.9. The summed E-state index contributed by atoms with van der Waals surface area (Å²) in [4.78, 5) is 18.4. The lowest BCUT2D eigenvalue weighted by molar-refractivity contribution is -0.159. The number of amides is 1. The Kier molecular flexibility index (Phi) is 6.40. The van der Waals surface area contributed by atoms with Gasteiger partial charge in [0.15, 0.2) is 10.7 Å². The predicted molar refractivity (Wildman–Crippen MR) is 152 cm³/mol. The number of hydrogen-bond acceptors (Lipinski definition) is 4. The van der Waals surface area contributed by atoms with Crippen molar-refractivity contribution in [3.8, 4) is 11.4 Å². The standard InChI is InChI=1S/C30H34N4O3S/c1-29(26-11-6-15-34(26)25-10-4-3-7-22(25)20-37-29)27(35)33-18-14-30(21-33)12-16-32(17-13-30)28(38)31-23-8-5-9-24(19-23)36-2/h3-11,15,19H,12-14,16-18,20-21H2,1-2H3,(H,31,38). The van der Waals surface area contributed by atoms with Gasteiger partial charge in [-0.05, 0) is 74.2 Å². The topological polar surface area (TPSA) is 59.0 Å². The molecule has 2 fully saturated rings. The highest BCUT2D eigenvalue weighted by atomic mass is 32.1. The molecule has 1 aromatic heterocycles. The monoisotopic (exact) mass is 530 g/mol. The second-order valence-electron chi connectivity index (χ2n) is 10.8. The van der Waals surface area contributed by atoms with Crippen LogP contribution in [-0.2, 0) is 21.7 Å². The first-order valence-corrected chi connectivity index (χ1v) is 13.7. The molecule has 3 aliphatic rings. The Bertz CT molecular complexity index is 1360. The number of benzene rings is 2. The lowest BCUT2D eigenvalue weighted by Crippen LogP contribution is -2.49. The molecule has 2 saturated heterocycles. The van der Waals surface area contributed by atoms with Crippen molar-refractivity contribution in [2.45, 2.75) is 38.4 Å². The van der Waals surface area contributed by atoms with Crippen LogP contribution in [0.3, 0.4) is 0 Å². The van der Waals surface area contributed by atoms with Crippen molar-refractivity contribution in [3.05, 3.63) is 78.1 Å². The van der Waals surface area contributed by atoms with Gasteiger partial charge in [0.2, 0.25) is 0 Å². The number of anilines is 1. The minimum Gasteiger partial charge on any atom is -0.497 e.